The number of benzene rings is 2. The topological polar surface area (TPSA) is 63.6 Å². The zero-order valence-electron chi connectivity index (χ0n) is 14.9. The molecule has 27 heavy (non-hydrogen) atoms. The summed E-state index contributed by atoms with van der Waals surface area (Å²) in [7, 11) is 0. The number of thioether (sulfide) groups is 1. The Balaban J connectivity index is 1.71. The van der Waals surface area contributed by atoms with E-state index in [-0.39, 0.29) is 5.56 Å². The third kappa shape index (κ3) is 3.63. The summed E-state index contributed by atoms with van der Waals surface area (Å²) in [6.07, 6.45) is 1.53. The molecule has 0 aliphatic rings. The van der Waals surface area contributed by atoms with Gasteiger partial charge < -0.3 is 4.98 Å². The molecule has 4 aromatic rings. The van der Waals surface area contributed by atoms with Gasteiger partial charge in [0.25, 0.3) is 5.56 Å². The molecule has 2 aromatic carbocycles. The largest absolute Gasteiger partial charge is 0.301 e. The molecule has 0 atom stereocenters. The van der Waals surface area contributed by atoms with E-state index in [2.05, 4.69) is 47.1 Å². The molecule has 0 bridgehead atoms. The van der Waals surface area contributed by atoms with E-state index in [1.54, 1.807) is 16.8 Å². The van der Waals surface area contributed by atoms with Gasteiger partial charge in [-0.25, -0.2) is 9.67 Å². The fraction of sp³-hybridized carbons (Fsp3) is 0.150. The minimum atomic E-state index is -0.197. The Kier molecular flexibility index (Phi) is 4.76. The zero-order chi connectivity index (χ0) is 19.0. The molecule has 7 heteroatoms. The number of nitrogens with zero attached hydrogens (tertiary/aromatic N) is 3. The number of H-pyrrole nitrogens is 1. The third-order valence-corrected chi connectivity index (χ3v) is 5.50. The summed E-state index contributed by atoms with van der Waals surface area (Å²) in [5.41, 5.74) is 4.75. The Morgan fingerprint density at radius 3 is 2.85 bits per heavy atom. The number of rotatable bonds is 4. The quantitative estimate of drug-likeness (QED) is 0.402. The first-order valence-corrected chi connectivity index (χ1v) is 9.80. The number of fused-ring (bicyclic) bond motifs is 1. The van der Waals surface area contributed by atoms with Gasteiger partial charge in [-0.2, -0.15) is 5.10 Å². The minimum absolute atomic E-state index is 0.197. The van der Waals surface area contributed by atoms with E-state index < -0.39 is 0 Å². The van der Waals surface area contributed by atoms with Crippen LogP contribution in [0.3, 0.4) is 0 Å². The lowest BCUT2D eigenvalue weighted by molar-refractivity contribution is 0.873. The Hall–Kier alpha value is -2.57. The maximum Gasteiger partial charge on any atom is 0.262 e. The molecule has 0 aliphatic carbocycles. The number of aromatic amines is 1. The number of hydrogen-bond donors (Lipinski definition) is 1. The van der Waals surface area contributed by atoms with Crippen LogP contribution in [0.5, 0.6) is 0 Å². The van der Waals surface area contributed by atoms with Crippen LogP contribution in [0.15, 0.2) is 58.6 Å². The fourth-order valence-corrected chi connectivity index (χ4v) is 3.97. The molecule has 1 N–H and O–H groups in total. The summed E-state index contributed by atoms with van der Waals surface area (Å²) in [6, 6.07) is 13.7. The van der Waals surface area contributed by atoms with Gasteiger partial charge in [-0.1, -0.05) is 53.2 Å². The lowest BCUT2D eigenvalue weighted by Gasteiger charge is -2.07. The maximum absolute atomic E-state index is 12.5. The van der Waals surface area contributed by atoms with Crippen molar-refractivity contribution in [3.05, 3.63) is 80.7 Å². The van der Waals surface area contributed by atoms with Crippen LogP contribution in [0, 0.1) is 13.8 Å². The molecule has 0 aliphatic heterocycles. The van der Waals surface area contributed by atoms with Gasteiger partial charge in [0.05, 0.1) is 11.9 Å². The van der Waals surface area contributed by atoms with Crippen LogP contribution in [0.4, 0.5) is 0 Å². The zero-order valence-corrected chi connectivity index (χ0v) is 16.4. The smallest absolute Gasteiger partial charge is 0.262 e. The second-order valence-corrected chi connectivity index (χ2v) is 7.76. The fourth-order valence-electron chi connectivity index (χ4n) is 2.87. The van der Waals surface area contributed by atoms with E-state index in [0.29, 0.717) is 21.2 Å². The first kappa shape index (κ1) is 17.8. The van der Waals surface area contributed by atoms with E-state index in [1.165, 1.54) is 34.6 Å². The van der Waals surface area contributed by atoms with Crippen LogP contribution < -0.4 is 5.56 Å². The van der Waals surface area contributed by atoms with Gasteiger partial charge in [0.2, 0.25) is 0 Å². The van der Waals surface area contributed by atoms with Crippen LogP contribution in [0.2, 0.25) is 5.02 Å². The van der Waals surface area contributed by atoms with Crippen molar-refractivity contribution in [1.82, 2.24) is 19.7 Å². The van der Waals surface area contributed by atoms with Crippen molar-refractivity contribution < 1.29 is 0 Å². The Morgan fingerprint density at radius 2 is 2.04 bits per heavy atom. The van der Waals surface area contributed by atoms with Crippen LogP contribution >= 0.6 is 23.4 Å². The van der Waals surface area contributed by atoms with Gasteiger partial charge in [0, 0.05) is 10.8 Å². The minimum Gasteiger partial charge on any atom is -0.301 e. The van der Waals surface area contributed by atoms with Gasteiger partial charge in [0.1, 0.15) is 5.39 Å². The SMILES string of the molecule is Cc1ccc(C)c(CSc2nc3c(cnn3-c3cccc(Cl)c3)c(=O)[nH]2)c1. The molecule has 0 fully saturated rings. The van der Waals surface area contributed by atoms with E-state index in [0.717, 1.165) is 11.4 Å². The molecule has 136 valence electrons. The van der Waals surface area contributed by atoms with Crippen molar-refractivity contribution in [2.75, 3.05) is 0 Å². The van der Waals surface area contributed by atoms with Crippen molar-refractivity contribution >= 4 is 34.4 Å². The van der Waals surface area contributed by atoms with Gasteiger partial charge in [-0.15, -0.1) is 0 Å². The third-order valence-electron chi connectivity index (χ3n) is 4.34. The highest BCUT2D eigenvalue weighted by Crippen LogP contribution is 2.24. The summed E-state index contributed by atoms with van der Waals surface area (Å²) in [6.45, 7) is 4.16. The molecule has 2 aromatic heterocycles. The molecule has 5 nitrogen and oxygen atoms in total. The normalized spacial score (nSPS) is 11.2. The Bertz CT molecular complexity index is 1200. The lowest BCUT2D eigenvalue weighted by atomic mass is 10.1. The summed E-state index contributed by atoms with van der Waals surface area (Å²) < 4.78 is 1.64. The molecule has 0 amide bonds. The summed E-state index contributed by atoms with van der Waals surface area (Å²) in [5.74, 6) is 0.729. The van der Waals surface area contributed by atoms with Crippen LogP contribution in [-0.4, -0.2) is 19.7 Å². The molecular formula is C20H17ClN4OS. The Morgan fingerprint density at radius 1 is 1.19 bits per heavy atom. The number of halogens is 1. The van der Waals surface area contributed by atoms with Gasteiger partial charge in [-0.3, -0.25) is 4.79 Å². The van der Waals surface area contributed by atoms with Gasteiger partial charge in [0.15, 0.2) is 10.8 Å². The van der Waals surface area contributed by atoms with Crippen LogP contribution in [0.1, 0.15) is 16.7 Å². The van der Waals surface area contributed by atoms with Gasteiger partial charge in [-0.05, 0) is 43.2 Å². The summed E-state index contributed by atoms with van der Waals surface area (Å²) in [5, 5.41) is 5.94. The first-order chi connectivity index (χ1) is 13.0. The number of aryl methyl sites for hydroxylation is 2. The second kappa shape index (κ2) is 7.21. The molecule has 2 heterocycles. The number of hydrogen-bond acceptors (Lipinski definition) is 4. The highest BCUT2D eigenvalue weighted by molar-refractivity contribution is 7.98. The van der Waals surface area contributed by atoms with E-state index in [9.17, 15) is 4.79 Å². The van der Waals surface area contributed by atoms with Crippen molar-refractivity contribution in [3.8, 4) is 5.69 Å². The molecule has 0 saturated carbocycles. The molecular weight excluding hydrogens is 380 g/mol. The summed E-state index contributed by atoms with van der Waals surface area (Å²) in [4.78, 5) is 19.9. The highest BCUT2D eigenvalue weighted by Gasteiger charge is 2.12. The predicted octanol–water partition coefficient (Wildman–Crippen LogP) is 4.67. The predicted molar refractivity (Wildman–Crippen MR) is 110 cm³/mol. The first-order valence-electron chi connectivity index (χ1n) is 8.44. The number of aromatic nitrogens is 4. The van der Waals surface area contributed by atoms with Crippen molar-refractivity contribution in [1.29, 1.82) is 0 Å². The van der Waals surface area contributed by atoms with Crippen LogP contribution in [0.25, 0.3) is 16.7 Å². The number of nitrogens with one attached hydrogen (secondary N) is 1. The molecule has 0 spiro atoms. The van der Waals surface area contributed by atoms with E-state index in [4.69, 9.17) is 11.6 Å². The molecule has 0 saturated heterocycles. The van der Waals surface area contributed by atoms with Crippen molar-refractivity contribution in [2.45, 2.75) is 24.8 Å². The standard InChI is InChI=1S/C20H17ClN4OS/c1-12-6-7-13(2)14(8-12)11-27-20-23-18-17(19(26)24-20)10-22-25(18)16-5-3-4-15(21)9-16/h3-10H,11H2,1-2H3,(H,23,24,26). The monoisotopic (exact) mass is 396 g/mol. The Labute approximate surface area is 165 Å². The van der Waals surface area contributed by atoms with Gasteiger partial charge >= 0.3 is 0 Å². The van der Waals surface area contributed by atoms with E-state index >= 15 is 0 Å². The van der Waals surface area contributed by atoms with Crippen molar-refractivity contribution in [3.63, 3.8) is 0 Å². The molecule has 0 unspecified atom stereocenters. The highest BCUT2D eigenvalue weighted by atomic mass is 35.5. The average Bonchev–Trinajstić information content (AvgIpc) is 3.07. The summed E-state index contributed by atoms with van der Waals surface area (Å²) >= 11 is 7.59. The van der Waals surface area contributed by atoms with Crippen molar-refractivity contribution in [2.24, 2.45) is 0 Å². The molecule has 4 rings (SSSR count). The van der Waals surface area contributed by atoms with Crippen LogP contribution in [-0.2, 0) is 5.75 Å². The second-order valence-electron chi connectivity index (χ2n) is 6.36. The van der Waals surface area contributed by atoms with E-state index in [1.807, 2.05) is 12.1 Å². The molecule has 0 radical (unpaired) electrons. The maximum atomic E-state index is 12.5. The lowest BCUT2D eigenvalue weighted by Crippen LogP contribution is -2.09. The average molecular weight is 397 g/mol.